The third kappa shape index (κ3) is 7.41. The summed E-state index contributed by atoms with van der Waals surface area (Å²) in [4.78, 5) is 33.6. The second-order valence-corrected chi connectivity index (χ2v) is 6.75. The fraction of sp³-hybridized carbons (Fsp3) is 0.625. The quantitative estimate of drug-likeness (QED) is 0.547. The molecule has 0 fully saturated rings. The van der Waals surface area contributed by atoms with Gasteiger partial charge in [-0.15, -0.1) is 22.8 Å². The van der Waals surface area contributed by atoms with E-state index in [1.807, 2.05) is 0 Å². The number of carboxylic acids is 1. The molecule has 4 atom stereocenters. The topological polar surface area (TPSA) is 95.5 Å². The number of carbonyl (C=O) groups is 3. The molecule has 6 nitrogen and oxygen atoms in total. The molecular formula is C8H16N2O4P2S2. The molecule has 10 heteroatoms. The first-order chi connectivity index (χ1) is 8.42. The average Bonchev–Trinajstić information content (AvgIpc) is 2.34. The van der Waals surface area contributed by atoms with Gasteiger partial charge in [0.05, 0.1) is 11.8 Å². The molecule has 0 aliphatic rings. The summed E-state index contributed by atoms with van der Waals surface area (Å²) in [5.41, 5.74) is 0. The number of carboxylic acid groups (broad SMARTS) is 1. The summed E-state index contributed by atoms with van der Waals surface area (Å²) >= 11 is 2.52. The first-order valence-corrected chi connectivity index (χ1v) is 9.71. The molecule has 0 aliphatic carbocycles. The molecule has 0 bridgehead atoms. The van der Waals surface area contributed by atoms with Gasteiger partial charge in [-0.3, -0.25) is 9.59 Å². The Labute approximate surface area is 118 Å². The third-order valence-electron chi connectivity index (χ3n) is 1.89. The van der Waals surface area contributed by atoms with Crippen LogP contribution in [0.1, 0.15) is 6.92 Å². The second-order valence-electron chi connectivity index (χ2n) is 3.29. The largest absolute Gasteiger partial charge is 0.480 e. The number of hydrogen-bond acceptors (Lipinski definition) is 5. The Morgan fingerprint density at radius 2 is 1.94 bits per heavy atom. The summed E-state index contributed by atoms with van der Waals surface area (Å²) in [6, 6.07) is -0.953. The van der Waals surface area contributed by atoms with E-state index in [-0.39, 0.29) is 23.5 Å². The van der Waals surface area contributed by atoms with Gasteiger partial charge in [-0.2, -0.15) is 0 Å². The molecule has 18 heavy (non-hydrogen) atoms. The van der Waals surface area contributed by atoms with Crippen LogP contribution in [0.2, 0.25) is 0 Å². The van der Waals surface area contributed by atoms with E-state index in [4.69, 9.17) is 5.11 Å². The molecule has 0 rings (SSSR count). The first-order valence-electron chi connectivity index (χ1n) is 4.89. The van der Waals surface area contributed by atoms with Gasteiger partial charge in [-0.1, -0.05) is 16.9 Å². The molecule has 0 spiro atoms. The standard InChI is InChI=1S/C8H16N2O4P2S2/c1-4(18-16)7(12)9-2-6(11)10-5(3-17-15)8(13)14/h4-5H,2-3,15-16H2,1H3,(H,9,12)(H,10,11)(H,13,14). The van der Waals surface area contributed by atoms with Crippen molar-refractivity contribution in [2.45, 2.75) is 18.2 Å². The summed E-state index contributed by atoms with van der Waals surface area (Å²) in [5.74, 6) is -1.64. The van der Waals surface area contributed by atoms with Crippen LogP contribution >= 0.6 is 39.6 Å². The number of nitrogens with one attached hydrogen (secondary N) is 2. The van der Waals surface area contributed by atoms with E-state index in [1.165, 1.54) is 22.8 Å². The number of carbonyl (C=O) groups excluding carboxylic acids is 2. The van der Waals surface area contributed by atoms with Gasteiger partial charge in [0.25, 0.3) is 0 Å². The molecule has 0 saturated carbocycles. The minimum atomic E-state index is -1.10. The van der Waals surface area contributed by atoms with Gasteiger partial charge >= 0.3 is 5.97 Å². The summed E-state index contributed by atoms with van der Waals surface area (Å²) in [5, 5.41) is 13.3. The average molecular weight is 330 g/mol. The van der Waals surface area contributed by atoms with Crippen molar-refractivity contribution in [3.8, 4) is 0 Å². The summed E-state index contributed by atoms with van der Waals surface area (Å²) in [7, 11) is 4.68. The third-order valence-corrected chi connectivity index (χ3v) is 4.84. The highest BCUT2D eigenvalue weighted by molar-refractivity contribution is 8.44. The Balaban J connectivity index is 4.10. The maximum Gasteiger partial charge on any atom is 0.327 e. The lowest BCUT2D eigenvalue weighted by atomic mass is 10.3. The zero-order chi connectivity index (χ0) is 14.1. The predicted octanol–water partition coefficient (Wildman–Crippen LogP) is 0.107. The Hall–Kier alpha value is -0.0300. The van der Waals surface area contributed by atoms with Crippen molar-refractivity contribution in [1.29, 1.82) is 0 Å². The van der Waals surface area contributed by atoms with Crippen molar-refractivity contribution < 1.29 is 19.5 Å². The summed E-state index contributed by atoms with van der Waals surface area (Å²) in [6.07, 6.45) is 0. The van der Waals surface area contributed by atoms with Crippen LogP contribution in [0.15, 0.2) is 0 Å². The Morgan fingerprint density at radius 1 is 1.33 bits per heavy atom. The lowest BCUT2D eigenvalue weighted by molar-refractivity contribution is -0.141. The molecule has 0 heterocycles. The molecule has 0 saturated heterocycles. The highest BCUT2D eigenvalue weighted by Crippen LogP contribution is 2.17. The van der Waals surface area contributed by atoms with Crippen LogP contribution in [-0.2, 0) is 14.4 Å². The minimum Gasteiger partial charge on any atom is -0.480 e. The predicted molar refractivity (Wildman–Crippen MR) is 81.5 cm³/mol. The smallest absolute Gasteiger partial charge is 0.327 e. The molecule has 2 amide bonds. The van der Waals surface area contributed by atoms with Crippen molar-refractivity contribution in [3.63, 3.8) is 0 Å². The molecule has 0 aliphatic heterocycles. The van der Waals surface area contributed by atoms with Crippen LogP contribution in [0.25, 0.3) is 0 Å². The van der Waals surface area contributed by atoms with E-state index >= 15 is 0 Å². The van der Waals surface area contributed by atoms with Crippen LogP contribution in [0, 0.1) is 0 Å². The van der Waals surface area contributed by atoms with Crippen molar-refractivity contribution in [3.05, 3.63) is 0 Å². The molecule has 4 unspecified atom stereocenters. The maximum atomic E-state index is 11.4. The lowest BCUT2D eigenvalue weighted by Gasteiger charge is -2.14. The number of hydrogen-bond donors (Lipinski definition) is 3. The molecule has 0 aromatic carbocycles. The van der Waals surface area contributed by atoms with E-state index < -0.39 is 17.9 Å². The zero-order valence-electron chi connectivity index (χ0n) is 9.71. The van der Waals surface area contributed by atoms with Crippen LogP contribution in [0.3, 0.4) is 0 Å². The molecule has 0 aromatic rings. The maximum absolute atomic E-state index is 11.4. The molecular weight excluding hydrogens is 314 g/mol. The zero-order valence-corrected chi connectivity index (χ0v) is 13.7. The van der Waals surface area contributed by atoms with E-state index in [1.54, 1.807) is 6.92 Å². The van der Waals surface area contributed by atoms with Gasteiger partial charge in [0, 0.05) is 5.75 Å². The molecule has 0 aromatic heterocycles. The van der Waals surface area contributed by atoms with Crippen LogP contribution < -0.4 is 10.6 Å². The van der Waals surface area contributed by atoms with Crippen LogP contribution in [-0.4, -0.2) is 46.5 Å². The van der Waals surface area contributed by atoms with E-state index in [2.05, 4.69) is 27.5 Å². The Morgan fingerprint density at radius 3 is 2.39 bits per heavy atom. The van der Waals surface area contributed by atoms with E-state index in [9.17, 15) is 14.4 Å². The van der Waals surface area contributed by atoms with Crippen LogP contribution in [0.5, 0.6) is 0 Å². The van der Waals surface area contributed by atoms with Gasteiger partial charge < -0.3 is 15.7 Å². The highest BCUT2D eigenvalue weighted by Gasteiger charge is 2.20. The van der Waals surface area contributed by atoms with E-state index in [0.717, 1.165) is 0 Å². The van der Waals surface area contributed by atoms with Crippen molar-refractivity contribution in [2.24, 2.45) is 0 Å². The molecule has 104 valence electrons. The number of aliphatic carboxylic acids is 1. The second kappa shape index (κ2) is 9.84. The van der Waals surface area contributed by atoms with Crippen LogP contribution in [0.4, 0.5) is 0 Å². The Bertz CT molecular complexity index is 319. The minimum absolute atomic E-state index is 0.223. The fourth-order valence-electron chi connectivity index (χ4n) is 0.889. The SMILES string of the molecule is CC(SP)C(=O)NCC(=O)NC(CSP)C(=O)O. The summed E-state index contributed by atoms with van der Waals surface area (Å²) < 4.78 is 0. The molecule has 0 radical (unpaired) electrons. The Kier molecular flexibility index (Phi) is 9.83. The fourth-order valence-corrected chi connectivity index (χ4v) is 2.46. The number of rotatable bonds is 8. The van der Waals surface area contributed by atoms with Gasteiger partial charge in [-0.25, -0.2) is 4.79 Å². The van der Waals surface area contributed by atoms with Gasteiger partial charge in [0.1, 0.15) is 6.04 Å². The highest BCUT2D eigenvalue weighted by atomic mass is 32.7. The van der Waals surface area contributed by atoms with Crippen molar-refractivity contribution >= 4 is 57.4 Å². The lowest BCUT2D eigenvalue weighted by Crippen LogP contribution is -2.47. The first kappa shape index (κ1) is 18.0. The van der Waals surface area contributed by atoms with Gasteiger partial charge in [0.2, 0.25) is 11.8 Å². The van der Waals surface area contributed by atoms with E-state index in [0.29, 0.717) is 0 Å². The normalized spacial score (nSPS) is 13.5. The van der Waals surface area contributed by atoms with Crippen molar-refractivity contribution in [2.75, 3.05) is 12.3 Å². The monoisotopic (exact) mass is 330 g/mol. The summed E-state index contributed by atoms with van der Waals surface area (Å²) in [6.45, 7) is 1.48. The van der Waals surface area contributed by atoms with Crippen molar-refractivity contribution in [1.82, 2.24) is 10.6 Å². The van der Waals surface area contributed by atoms with Gasteiger partial charge in [-0.05, 0) is 6.92 Å². The molecule has 3 N–H and O–H groups in total. The number of amides is 2. The van der Waals surface area contributed by atoms with Gasteiger partial charge in [0.15, 0.2) is 0 Å².